The summed E-state index contributed by atoms with van der Waals surface area (Å²) in [6.45, 7) is 4.25. The second-order valence-corrected chi connectivity index (χ2v) is 5.38. The van der Waals surface area contributed by atoms with Crippen LogP contribution in [-0.2, 0) is 12.8 Å². The maximum absolute atomic E-state index is 4.32. The number of benzene rings is 1. The molecule has 0 radical (unpaired) electrons. The summed E-state index contributed by atoms with van der Waals surface area (Å²) in [5.41, 5.74) is 6.61. The summed E-state index contributed by atoms with van der Waals surface area (Å²) in [7, 11) is 0. The zero-order valence-corrected chi connectivity index (χ0v) is 11.6. The summed E-state index contributed by atoms with van der Waals surface area (Å²) in [6, 6.07) is 11.3. The highest BCUT2D eigenvalue weighted by molar-refractivity contribution is 5.49. The molecular weight excluding hydrogens is 232 g/mol. The lowest BCUT2D eigenvalue weighted by Crippen LogP contribution is -2.08. The summed E-state index contributed by atoms with van der Waals surface area (Å²) in [5.74, 6) is 0. The van der Waals surface area contributed by atoms with E-state index >= 15 is 0 Å². The van der Waals surface area contributed by atoms with Crippen molar-refractivity contribution in [3.63, 3.8) is 0 Å². The van der Waals surface area contributed by atoms with Gasteiger partial charge in [-0.05, 0) is 61.9 Å². The van der Waals surface area contributed by atoms with Crippen LogP contribution >= 0.6 is 0 Å². The Morgan fingerprint density at radius 3 is 2.84 bits per heavy atom. The molecule has 1 heterocycles. The van der Waals surface area contributed by atoms with E-state index in [0.29, 0.717) is 6.04 Å². The number of rotatable bonds is 3. The number of nitrogens with one attached hydrogen (secondary N) is 1. The predicted octanol–water partition coefficient (Wildman–Crippen LogP) is 4.05. The topological polar surface area (TPSA) is 24.9 Å². The normalized spacial score (nSPS) is 15.1. The average molecular weight is 252 g/mol. The van der Waals surface area contributed by atoms with E-state index in [-0.39, 0.29) is 0 Å². The third kappa shape index (κ3) is 2.48. The highest BCUT2D eigenvalue weighted by atomic mass is 14.9. The number of aryl methyl sites for hydroxylation is 3. The third-order valence-corrected chi connectivity index (χ3v) is 4.00. The van der Waals surface area contributed by atoms with Crippen molar-refractivity contribution in [1.29, 1.82) is 0 Å². The standard InChI is InChI=1S/C17H20N2/c1-12(19-17-7-4-10-18-13(17)2)15-9-8-14-5-3-6-16(14)11-15/h4,7-12,19H,3,5-6H2,1-2H3. The minimum atomic E-state index is 0.314. The summed E-state index contributed by atoms with van der Waals surface area (Å²) in [5, 5.41) is 3.56. The van der Waals surface area contributed by atoms with E-state index in [0.717, 1.165) is 11.4 Å². The Morgan fingerprint density at radius 1 is 1.16 bits per heavy atom. The minimum Gasteiger partial charge on any atom is -0.377 e. The van der Waals surface area contributed by atoms with Crippen molar-refractivity contribution in [2.75, 3.05) is 5.32 Å². The Bertz CT molecular complexity index is 590. The molecule has 1 aliphatic carbocycles. The smallest absolute Gasteiger partial charge is 0.0603 e. The van der Waals surface area contributed by atoms with Gasteiger partial charge >= 0.3 is 0 Å². The molecular formula is C17H20N2. The quantitative estimate of drug-likeness (QED) is 0.891. The first-order valence-corrected chi connectivity index (χ1v) is 7.04. The molecule has 0 amide bonds. The van der Waals surface area contributed by atoms with E-state index in [1.54, 1.807) is 0 Å². The highest BCUT2D eigenvalue weighted by Crippen LogP contribution is 2.27. The van der Waals surface area contributed by atoms with Gasteiger partial charge in [-0.2, -0.15) is 0 Å². The molecule has 1 aromatic heterocycles. The number of anilines is 1. The van der Waals surface area contributed by atoms with Crippen LogP contribution in [0.3, 0.4) is 0 Å². The first-order valence-electron chi connectivity index (χ1n) is 7.04. The van der Waals surface area contributed by atoms with E-state index in [1.807, 2.05) is 19.2 Å². The molecule has 1 atom stereocenters. The van der Waals surface area contributed by atoms with Crippen molar-refractivity contribution in [2.45, 2.75) is 39.2 Å². The van der Waals surface area contributed by atoms with Crippen LogP contribution < -0.4 is 5.32 Å². The number of hydrogen-bond acceptors (Lipinski definition) is 2. The average Bonchev–Trinajstić information content (AvgIpc) is 2.88. The fourth-order valence-corrected chi connectivity index (χ4v) is 2.81. The Morgan fingerprint density at radius 2 is 2.00 bits per heavy atom. The molecule has 0 fully saturated rings. The zero-order valence-electron chi connectivity index (χ0n) is 11.6. The van der Waals surface area contributed by atoms with Crippen molar-refractivity contribution in [3.05, 3.63) is 58.9 Å². The first kappa shape index (κ1) is 12.2. The first-order chi connectivity index (χ1) is 9.24. The highest BCUT2D eigenvalue weighted by Gasteiger charge is 2.13. The Kier molecular flexibility index (Phi) is 3.24. The van der Waals surface area contributed by atoms with Crippen molar-refractivity contribution in [2.24, 2.45) is 0 Å². The minimum absolute atomic E-state index is 0.314. The van der Waals surface area contributed by atoms with Crippen LogP contribution in [0.25, 0.3) is 0 Å². The van der Waals surface area contributed by atoms with Gasteiger partial charge in [-0.15, -0.1) is 0 Å². The Labute approximate surface area is 114 Å². The van der Waals surface area contributed by atoms with Crippen molar-refractivity contribution >= 4 is 5.69 Å². The lowest BCUT2D eigenvalue weighted by Gasteiger charge is -2.18. The van der Waals surface area contributed by atoms with Crippen molar-refractivity contribution in [1.82, 2.24) is 4.98 Å². The molecule has 0 saturated carbocycles. The van der Waals surface area contributed by atoms with Gasteiger partial charge in [-0.25, -0.2) is 0 Å². The summed E-state index contributed by atoms with van der Waals surface area (Å²) in [4.78, 5) is 4.32. The lowest BCUT2D eigenvalue weighted by molar-refractivity contribution is 0.874. The van der Waals surface area contributed by atoms with Gasteiger partial charge in [0.15, 0.2) is 0 Å². The molecule has 0 saturated heterocycles. The van der Waals surface area contributed by atoms with E-state index in [9.17, 15) is 0 Å². The third-order valence-electron chi connectivity index (χ3n) is 4.00. The van der Waals surface area contributed by atoms with Crippen LogP contribution in [0.1, 0.15) is 41.8 Å². The van der Waals surface area contributed by atoms with E-state index in [1.165, 1.54) is 36.0 Å². The van der Waals surface area contributed by atoms with Gasteiger partial charge in [0.1, 0.15) is 0 Å². The largest absolute Gasteiger partial charge is 0.377 e. The molecule has 1 unspecified atom stereocenters. The van der Waals surface area contributed by atoms with Gasteiger partial charge in [0.05, 0.1) is 11.4 Å². The second-order valence-electron chi connectivity index (χ2n) is 5.38. The number of nitrogens with zero attached hydrogens (tertiary/aromatic N) is 1. The molecule has 2 heteroatoms. The summed E-state index contributed by atoms with van der Waals surface area (Å²) >= 11 is 0. The van der Waals surface area contributed by atoms with Gasteiger partial charge in [0.2, 0.25) is 0 Å². The number of hydrogen-bond donors (Lipinski definition) is 1. The summed E-state index contributed by atoms with van der Waals surface area (Å²) in [6.07, 6.45) is 5.63. The van der Waals surface area contributed by atoms with E-state index in [4.69, 9.17) is 0 Å². The fraction of sp³-hybridized carbons (Fsp3) is 0.353. The van der Waals surface area contributed by atoms with E-state index in [2.05, 4.69) is 41.5 Å². The van der Waals surface area contributed by atoms with Crippen LogP contribution in [0.4, 0.5) is 5.69 Å². The monoisotopic (exact) mass is 252 g/mol. The maximum atomic E-state index is 4.32. The van der Waals surface area contributed by atoms with Gasteiger partial charge in [0.25, 0.3) is 0 Å². The number of fused-ring (bicyclic) bond motifs is 1. The van der Waals surface area contributed by atoms with Gasteiger partial charge in [0, 0.05) is 12.2 Å². The Balaban J connectivity index is 1.81. The molecule has 2 aromatic rings. The molecule has 0 aliphatic heterocycles. The number of pyridine rings is 1. The van der Waals surface area contributed by atoms with Crippen molar-refractivity contribution < 1.29 is 0 Å². The molecule has 2 nitrogen and oxygen atoms in total. The summed E-state index contributed by atoms with van der Waals surface area (Å²) < 4.78 is 0. The second kappa shape index (κ2) is 5.04. The molecule has 0 bridgehead atoms. The molecule has 98 valence electrons. The van der Waals surface area contributed by atoms with E-state index < -0.39 is 0 Å². The fourth-order valence-electron chi connectivity index (χ4n) is 2.81. The van der Waals surface area contributed by atoms with Gasteiger partial charge < -0.3 is 5.32 Å². The van der Waals surface area contributed by atoms with Gasteiger partial charge in [-0.3, -0.25) is 4.98 Å². The molecule has 3 rings (SSSR count). The van der Waals surface area contributed by atoms with Gasteiger partial charge in [-0.1, -0.05) is 18.2 Å². The molecule has 19 heavy (non-hydrogen) atoms. The van der Waals surface area contributed by atoms with Crippen LogP contribution in [0, 0.1) is 6.92 Å². The van der Waals surface area contributed by atoms with Crippen LogP contribution in [0.5, 0.6) is 0 Å². The van der Waals surface area contributed by atoms with Crippen molar-refractivity contribution in [3.8, 4) is 0 Å². The predicted molar refractivity (Wildman–Crippen MR) is 79.5 cm³/mol. The zero-order chi connectivity index (χ0) is 13.2. The molecule has 1 aromatic carbocycles. The lowest BCUT2D eigenvalue weighted by atomic mass is 10.0. The maximum Gasteiger partial charge on any atom is 0.0603 e. The Hall–Kier alpha value is -1.83. The number of aromatic nitrogens is 1. The molecule has 1 aliphatic rings. The van der Waals surface area contributed by atoms with Crippen LogP contribution in [0.15, 0.2) is 36.5 Å². The SMILES string of the molecule is Cc1ncccc1NC(C)c1ccc2c(c1)CCC2. The molecule has 0 spiro atoms. The van der Waals surface area contributed by atoms with Crippen LogP contribution in [0.2, 0.25) is 0 Å². The molecule has 1 N–H and O–H groups in total. The van der Waals surface area contributed by atoms with Crippen LogP contribution in [-0.4, -0.2) is 4.98 Å².